The Kier molecular flexibility index (Phi) is 6.62. The summed E-state index contributed by atoms with van der Waals surface area (Å²) < 4.78 is 6.03. The average Bonchev–Trinajstić information content (AvgIpc) is 3.96. The number of rotatable bonds is 3. The molecular formula is C54H30N4S2. The van der Waals surface area contributed by atoms with Gasteiger partial charge in [-0.2, -0.15) is 0 Å². The summed E-state index contributed by atoms with van der Waals surface area (Å²) in [5, 5.41) is 11.1. The molecular weight excluding hydrogens is 769 g/mol. The zero-order chi connectivity index (χ0) is 39.1. The summed E-state index contributed by atoms with van der Waals surface area (Å²) in [4.78, 5) is 14.5. The Hall–Kier alpha value is -7.25. The maximum absolute atomic E-state index is 5.53. The molecule has 0 atom stereocenters. The SMILES string of the molecule is c1ccc2cc(-c3nc4c(nc3-n3c5ccccc5c5cc(-c6ccc7c(c6)-n6c8ccc9ccccc9c8c8cccc(c86)S7)ccc53)sc3ccccc34)ccc2c1. The van der Waals surface area contributed by atoms with Gasteiger partial charge in [-0.05, 0) is 87.3 Å². The van der Waals surface area contributed by atoms with Crippen LogP contribution in [0.5, 0.6) is 0 Å². The van der Waals surface area contributed by atoms with Gasteiger partial charge in [-0.15, -0.1) is 11.3 Å². The highest BCUT2D eigenvalue weighted by molar-refractivity contribution is 7.99. The molecule has 0 unspecified atom stereocenters. The highest BCUT2D eigenvalue weighted by Gasteiger charge is 2.25. The first-order chi connectivity index (χ1) is 29.7. The van der Waals surface area contributed by atoms with Crippen LogP contribution in [-0.4, -0.2) is 19.1 Å². The van der Waals surface area contributed by atoms with Gasteiger partial charge in [0, 0.05) is 47.0 Å². The van der Waals surface area contributed by atoms with Crippen molar-refractivity contribution in [3.8, 4) is 33.9 Å². The van der Waals surface area contributed by atoms with E-state index in [2.05, 4.69) is 191 Å². The molecule has 0 spiro atoms. The van der Waals surface area contributed by atoms with Gasteiger partial charge in [-0.25, -0.2) is 9.97 Å². The van der Waals surface area contributed by atoms with Crippen molar-refractivity contribution >= 4 is 109 Å². The molecule has 1 aliphatic heterocycles. The minimum Gasteiger partial charge on any atom is -0.307 e. The van der Waals surface area contributed by atoms with E-state index in [-0.39, 0.29) is 0 Å². The molecule has 0 aliphatic carbocycles. The van der Waals surface area contributed by atoms with Gasteiger partial charge in [0.25, 0.3) is 0 Å². The Balaban J connectivity index is 0.991. The monoisotopic (exact) mass is 798 g/mol. The van der Waals surface area contributed by atoms with Crippen molar-refractivity contribution in [1.29, 1.82) is 0 Å². The normalized spacial score (nSPS) is 12.6. The van der Waals surface area contributed by atoms with E-state index >= 15 is 0 Å². The largest absolute Gasteiger partial charge is 0.307 e. The van der Waals surface area contributed by atoms with Gasteiger partial charge in [0.1, 0.15) is 16.0 Å². The molecule has 4 nitrogen and oxygen atoms in total. The van der Waals surface area contributed by atoms with E-state index in [9.17, 15) is 0 Å². The van der Waals surface area contributed by atoms with Crippen molar-refractivity contribution in [2.45, 2.75) is 9.79 Å². The number of thiophene rings is 1. The lowest BCUT2D eigenvalue weighted by Crippen LogP contribution is -2.03. The third-order valence-electron chi connectivity index (χ3n) is 12.5. The Morgan fingerprint density at radius 2 is 1.12 bits per heavy atom. The van der Waals surface area contributed by atoms with Crippen molar-refractivity contribution < 1.29 is 0 Å². The highest BCUT2D eigenvalue weighted by atomic mass is 32.2. The van der Waals surface area contributed by atoms with Crippen LogP contribution < -0.4 is 0 Å². The van der Waals surface area contributed by atoms with Crippen LogP contribution in [0.3, 0.4) is 0 Å². The number of hydrogen-bond acceptors (Lipinski definition) is 4. The standard InChI is InChI=1S/C54H30N4S2/c1-2-12-33-28-36(21-20-31(33)10-1)50-53(56-54-51(55-50)39-15-6-8-18-46(39)60-54)58-42-17-7-5-14-38(42)41-29-34(23-25-43(41)58)35-24-27-47-45(30-35)57-44-26-22-32-11-3-4-13-37(32)49(44)40-16-9-19-48(59-47)52(40)57/h1-30H. The zero-order valence-electron chi connectivity index (χ0n) is 31.9. The molecule has 0 bridgehead atoms. The number of para-hydroxylation sites is 2. The molecule has 13 aromatic rings. The van der Waals surface area contributed by atoms with Crippen molar-refractivity contribution in [2.75, 3.05) is 0 Å². The van der Waals surface area contributed by atoms with Crippen LogP contribution in [-0.2, 0) is 0 Å². The number of fused-ring (bicyclic) bond motifs is 14. The lowest BCUT2D eigenvalue weighted by atomic mass is 10.0. The Bertz CT molecular complexity index is 4000. The van der Waals surface area contributed by atoms with Crippen LogP contribution in [0.25, 0.3) is 119 Å². The van der Waals surface area contributed by atoms with E-state index in [4.69, 9.17) is 9.97 Å². The number of aromatic nitrogens is 4. The first kappa shape index (κ1) is 32.7. The molecule has 5 heterocycles. The molecule has 9 aromatic carbocycles. The fourth-order valence-corrected chi connectivity index (χ4v) is 11.9. The molecule has 0 amide bonds. The van der Waals surface area contributed by atoms with E-state index in [0.717, 1.165) is 43.8 Å². The summed E-state index contributed by atoms with van der Waals surface area (Å²) in [5.41, 5.74) is 11.2. The lowest BCUT2D eigenvalue weighted by Gasteiger charge is -2.21. The van der Waals surface area contributed by atoms with Gasteiger partial charge in [0.05, 0.1) is 27.8 Å². The molecule has 6 heteroatoms. The molecule has 1 aliphatic rings. The zero-order valence-corrected chi connectivity index (χ0v) is 33.6. The van der Waals surface area contributed by atoms with Crippen LogP contribution in [0.2, 0.25) is 0 Å². The molecule has 14 rings (SSSR count). The van der Waals surface area contributed by atoms with Gasteiger partial charge >= 0.3 is 0 Å². The van der Waals surface area contributed by atoms with Crippen molar-refractivity contribution in [3.05, 3.63) is 182 Å². The Morgan fingerprint density at radius 1 is 0.417 bits per heavy atom. The predicted octanol–water partition coefficient (Wildman–Crippen LogP) is 15.1. The topological polar surface area (TPSA) is 35.6 Å². The van der Waals surface area contributed by atoms with Gasteiger partial charge in [-0.3, -0.25) is 4.57 Å². The second-order valence-corrected chi connectivity index (χ2v) is 17.9. The summed E-state index contributed by atoms with van der Waals surface area (Å²) in [7, 11) is 0. The predicted molar refractivity (Wildman–Crippen MR) is 254 cm³/mol. The molecule has 0 N–H and O–H groups in total. The van der Waals surface area contributed by atoms with E-state index < -0.39 is 0 Å². The van der Waals surface area contributed by atoms with Crippen molar-refractivity contribution in [1.82, 2.24) is 19.1 Å². The second kappa shape index (κ2) is 12.1. The van der Waals surface area contributed by atoms with Crippen LogP contribution >= 0.6 is 23.1 Å². The minimum absolute atomic E-state index is 0.837. The molecule has 278 valence electrons. The quantitative estimate of drug-likeness (QED) is 0.179. The van der Waals surface area contributed by atoms with Crippen LogP contribution in [0.4, 0.5) is 0 Å². The second-order valence-electron chi connectivity index (χ2n) is 15.7. The molecule has 0 fully saturated rings. The molecule has 60 heavy (non-hydrogen) atoms. The smallest absolute Gasteiger partial charge is 0.166 e. The van der Waals surface area contributed by atoms with Crippen LogP contribution in [0.15, 0.2) is 192 Å². The Labute approximate surface area is 351 Å². The third-order valence-corrected chi connectivity index (χ3v) is 14.7. The number of nitrogens with zero attached hydrogens (tertiary/aromatic N) is 4. The number of benzene rings is 9. The van der Waals surface area contributed by atoms with Gasteiger partial charge in [-0.1, -0.05) is 139 Å². The maximum atomic E-state index is 5.53. The van der Waals surface area contributed by atoms with Gasteiger partial charge in [0.2, 0.25) is 0 Å². The average molecular weight is 799 g/mol. The molecule has 0 radical (unpaired) electrons. The fraction of sp³-hybridized carbons (Fsp3) is 0. The first-order valence-electron chi connectivity index (χ1n) is 20.2. The van der Waals surface area contributed by atoms with E-state index in [1.807, 2.05) is 11.8 Å². The molecule has 4 aromatic heterocycles. The first-order valence-corrected chi connectivity index (χ1v) is 21.9. The molecule has 0 saturated heterocycles. The fourth-order valence-electron chi connectivity index (χ4n) is 9.79. The number of hydrogen-bond donors (Lipinski definition) is 0. The summed E-state index contributed by atoms with van der Waals surface area (Å²) in [6.07, 6.45) is 0. The summed E-state index contributed by atoms with van der Waals surface area (Å²) >= 11 is 3.58. The maximum Gasteiger partial charge on any atom is 0.166 e. The molecule has 0 saturated carbocycles. The summed E-state index contributed by atoms with van der Waals surface area (Å²) in [6, 6.07) is 66.4. The van der Waals surface area contributed by atoms with Crippen molar-refractivity contribution in [2.24, 2.45) is 0 Å². The minimum atomic E-state index is 0.837. The van der Waals surface area contributed by atoms with E-state index in [1.165, 1.54) is 85.4 Å². The van der Waals surface area contributed by atoms with Crippen LogP contribution in [0.1, 0.15) is 0 Å². The van der Waals surface area contributed by atoms with E-state index in [1.54, 1.807) is 11.3 Å². The van der Waals surface area contributed by atoms with E-state index in [0.29, 0.717) is 0 Å². The van der Waals surface area contributed by atoms with Crippen molar-refractivity contribution in [3.63, 3.8) is 0 Å². The lowest BCUT2D eigenvalue weighted by molar-refractivity contribution is 1.09. The van der Waals surface area contributed by atoms with Crippen LogP contribution in [0, 0.1) is 0 Å². The summed E-state index contributed by atoms with van der Waals surface area (Å²) in [5.74, 6) is 0.837. The van der Waals surface area contributed by atoms with Gasteiger partial charge in [0.15, 0.2) is 5.82 Å². The van der Waals surface area contributed by atoms with Gasteiger partial charge < -0.3 is 4.57 Å². The summed E-state index contributed by atoms with van der Waals surface area (Å²) in [6.45, 7) is 0. The third kappa shape index (κ3) is 4.52. The Morgan fingerprint density at radius 3 is 2.05 bits per heavy atom. The highest BCUT2D eigenvalue weighted by Crippen LogP contribution is 2.49.